The summed E-state index contributed by atoms with van der Waals surface area (Å²) in [6.07, 6.45) is 10.1. The van der Waals surface area contributed by atoms with Gasteiger partial charge in [0.05, 0.1) is 29.5 Å². The zero-order valence-electron chi connectivity index (χ0n) is 19.7. The van der Waals surface area contributed by atoms with Crippen LogP contribution < -0.4 is 20.5 Å². The second-order valence-electron chi connectivity index (χ2n) is 10.5. The number of carbonyl (C=O) groups excluding carboxylic acids is 1. The van der Waals surface area contributed by atoms with Crippen LogP contribution in [0.15, 0.2) is 36.5 Å². The summed E-state index contributed by atoms with van der Waals surface area (Å²) in [4.78, 5) is 13.0. The molecule has 2 heterocycles. The number of nitrogens with one attached hydrogen (secondary N) is 1. The molecule has 0 aliphatic heterocycles. The molecule has 1 aromatic carbocycles. The molecule has 0 bridgehead atoms. The number of nitrogens with two attached hydrogens (primary N) is 1. The monoisotopic (exact) mass is 478 g/mol. The van der Waals surface area contributed by atoms with E-state index in [4.69, 9.17) is 15.6 Å². The summed E-state index contributed by atoms with van der Waals surface area (Å²) >= 11 is 0. The van der Waals surface area contributed by atoms with E-state index in [2.05, 4.69) is 5.32 Å². The largest absolute Gasteiger partial charge is 0.491 e. The van der Waals surface area contributed by atoms with E-state index in [1.54, 1.807) is 6.07 Å². The number of hydrogen-bond donors (Lipinski definition) is 4. The summed E-state index contributed by atoms with van der Waals surface area (Å²) in [5.74, 6) is 1.17. The van der Waals surface area contributed by atoms with Crippen molar-refractivity contribution in [1.82, 2.24) is 9.78 Å². The molecule has 3 saturated carbocycles. The third kappa shape index (κ3) is 4.40. The number of pyridine rings is 1. The van der Waals surface area contributed by atoms with Crippen LogP contribution in [-0.2, 0) is 0 Å². The van der Waals surface area contributed by atoms with Crippen molar-refractivity contribution in [2.45, 2.75) is 63.0 Å². The lowest BCUT2D eigenvalue weighted by Gasteiger charge is -2.36. The minimum absolute atomic E-state index is 0.0271. The van der Waals surface area contributed by atoms with Crippen LogP contribution in [0.1, 0.15) is 67.9 Å². The van der Waals surface area contributed by atoms with Gasteiger partial charge in [0.2, 0.25) is 5.69 Å². The van der Waals surface area contributed by atoms with E-state index in [1.165, 1.54) is 12.1 Å². The molecular formula is C26H32N5O4+. The van der Waals surface area contributed by atoms with Crippen LogP contribution in [0.25, 0.3) is 10.9 Å². The van der Waals surface area contributed by atoms with Crippen LogP contribution in [0, 0.1) is 11.8 Å². The number of benzene rings is 1. The van der Waals surface area contributed by atoms with Gasteiger partial charge in [0.1, 0.15) is 5.75 Å². The van der Waals surface area contributed by atoms with E-state index in [1.807, 2.05) is 23.0 Å². The molecule has 3 fully saturated rings. The average Bonchev–Trinajstić information content (AvgIpc) is 3.77. The Balaban J connectivity index is 1.27. The molecule has 0 unspecified atom stereocenters. The van der Waals surface area contributed by atoms with Crippen molar-refractivity contribution in [2.75, 3.05) is 17.7 Å². The summed E-state index contributed by atoms with van der Waals surface area (Å²) in [6.45, 7) is 0.593. The number of fused-ring (bicyclic) bond motifs is 1. The molecule has 9 nitrogen and oxygen atoms in total. The van der Waals surface area contributed by atoms with Gasteiger partial charge in [0, 0.05) is 23.7 Å². The molecule has 9 heteroatoms. The molecule has 184 valence electrons. The fourth-order valence-electron chi connectivity index (χ4n) is 5.24. The lowest BCUT2D eigenvalue weighted by atomic mass is 9.79. The Hall–Kier alpha value is -3.33. The maximum absolute atomic E-state index is 13.0. The number of hydrogen-bond acceptors (Lipinski definition) is 6. The predicted molar refractivity (Wildman–Crippen MR) is 129 cm³/mol. The minimum atomic E-state index is -0.491. The molecule has 6 rings (SSSR count). The van der Waals surface area contributed by atoms with E-state index in [-0.39, 0.29) is 17.6 Å². The normalized spacial score (nSPS) is 24.4. The van der Waals surface area contributed by atoms with Crippen molar-refractivity contribution >= 4 is 28.3 Å². The van der Waals surface area contributed by atoms with Gasteiger partial charge in [0.25, 0.3) is 5.91 Å². The molecule has 0 spiro atoms. The molecule has 0 atom stereocenters. The Bertz CT molecular complexity index is 1270. The Morgan fingerprint density at radius 1 is 1.20 bits per heavy atom. The first kappa shape index (κ1) is 22.2. The third-order valence-electron chi connectivity index (χ3n) is 7.80. The number of amides is 1. The quantitative estimate of drug-likeness (QED) is 0.304. The standard InChI is InChI=1S/C26H31N5O4/c27-24-3-1-2-22(31(24)34)25(32)28-21-12-17-14-30(19-8-10-26(33,11-9-19)18-6-7-18)29-20(17)13-23(21)35-15-16-4-5-16/h1-3,12-14,16,18-19,27,33-34H,4-11,15H2,(H,28,32)/p+1. The van der Waals surface area contributed by atoms with Gasteiger partial charge in [-0.2, -0.15) is 5.10 Å². The van der Waals surface area contributed by atoms with Crippen LogP contribution in [-0.4, -0.2) is 38.2 Å². The Morgan fingerprint density at radius 3 is 2.69 bits per heavy atom. The highest BCUT2D eigenvalue weighted by atomic mass is 16.5. The van der Waals surface area contributed by atoms with Gasteiger partial charge in [-0.1, -0.05) is 0 Å². The van der Waals surface area contributed by atoms with Gasteiger partial charge in [-0.15, -0.1) is 0 Å². The molecule has 35 heavy (non-hydrogen) atoms. The minimum Gasteiger partial charge on any atom is -0.491 e. The van der Waals surface area contributed by atoms with Crippen molar-refractivity contribution in [1.29, 1.82) is 0 Å². The fourth-order valence-corrected chi connectivity index (χ4v) is 5.24. The molecule has 3 aliphatic carbocycles. The van der Waals surface area contributed by atoms with Gasteiger partial charge >= 0.3 is 5.82 Å². The SMILES string of the molecule is Nc1cccc(C(=O)Nc2cc3cn(C4CCC(O)(C5CC5)CC4)nc3cc2OCC2CC2)[n+]1O. The fraction of sp³-hybridized carbons (Fsp3) is 0.500. The lowest BCUT2D eigenvalue weighted by Crippen LogP contribution is -2.42. The van der Waals surface area contributed by atoms with E-state index < -0.39 is 11.5 Å². The van der Waals surface area contributed by atoms with Crippen molar-refractivity contribution in [3.8, 4) is 5.75 Å². The Morgan fingerprint density at radius 2 is 1.97 bits per heavy atom. The number of ether oxygens (including phenoxy) is 1. The summed E-state index contributed by atoms with van der Waals surface area (Å²) in [7, 11) is 0. The highest BCUT2D eigenvalue weighted by molar-refractivity contribution is 6.04. The number of rotatable bonds is 7. The number of anilines is 2. The van der Waals surface area contributed by atoms with Crippen LogP contribution in [0.5, 0.6) is 5.75 Å². The van der Waals surface area contributed by atoms with Gasteiger partial charge in [-0.25, -0.2) is 0 Å². The number of aliphatic hydroxyl groups is 1. The summed E-state index contributed by atoms with van der Waals surface area (Å²) < 4.78 is 8.76. The van der Waals surface area contributed by atoms with Gasteiger partial charge in [0.15, 0.2) is 0 Å². The number of nitrogens with zero attached hydrogens (tertiary/aromatic N) is 3. The molecule has 5 N–H and O–H groups in total. The first-order valence-corrected chi connectivity index (χ1v) is 12.6. The molecular weight excluding hydrogens is 446 g/mol. The first-order valence-electron chi connectivity index (χ1n) is 12.6. The lowest BCUT2D eigenvalue weighted by molar-refractivity contribution is -0.894. The maximum atomic E-state index is 13.0. The maximum Gasteiger partial charge on any atom is 0.312 e. The van der Waals surface area contributed by atoms with Crippen LogP contribution in [0.3, 0.4) is 0 Å². The van der Waals surface area contributed by atoms with Crippen molar-refractivity contribution < 1.29 is 24.6 Å². The van der Waals surface area contributed by atoms with E-state index in [9.17, 15) is 15.1 Å². The highest BCUT2D eigenvalue weighted by Gasteiger charge is 2.45. The third-order valence-corrected chi connectivity index (χ3v) is 7.80. The van der Waals surface area contributed by atoms with Gasteiger partial charge in [-0.05, 0) is 86.1 Å². The van der Waals surface area contributed by atoms with Gasteiger partial charge in [-0.3, -0.25) is 15.2 Å². The van der Waals surface area contributed by atoms with Crippen LogP contribution in [0.2, 0.25) is 0 Å². The summed E-state index contributed by atoms with van der Waals surface area (Å²) in [5, 5.41) is 29.7. The Kier molecular flexibility index (Phi) is 5.32. The Labute approximate surface area is 203 Å². The van der Waals surface area contributed by atoms with E-state index >= 15 is 0 Å². The van der Waals surface area contributed by atoms with Crippen LogP contribution in [0.4, 0.5) is 11.5 Å². The van der Waals surface area contributed by atoms with Crippen molar-refractivity contribution in [2.24, 2.45) is 11.8 Å². The van der Waals surface area contributed by atoms with E-state index in [0.717, 1.165) is 62.3 Å². The second kappa shape index (κ2) is 8.41. The topological polar surface area (TPSA) is 127 Å². The summed E-state index contributed by atoms with van der Waals surface area (Å²) in [6, 6.07) is 8.62. The smallest absolute Gasteiger partial charge is 0.312 e. The highest BCUT2D eigenvalue weighted by Crippen LogP contribution is 2.49. The zero-order chi connectivity index (χ0) is 24.2. The predicted octanol–water partition coefficient (Wildman–Crippen LogP) is 3.44. The van der Waals surface area contributed by atoms with Crippen molar-refractivity contribution in [3.05, 3.63) is 42.2 Å². The second-order valence-corrected chi connectivity index (χ2v) is 10.5. The zero-order valence-corrected chi connectivity index (χ0v) is 19.7. The molecule has 1 amide bonds. The van der Waals surface area contributed by atoms with Gasteiger partial charge < -0.3 is 20.4 Å². The number of aromatic nitrogens is 3. The molecule has 2 aromatic heterocycles. The number of nitrogen functional groups attached to an aromatic ring is 1. The van der Waals surface area contributed by atoms with Crippen molar-refractivity contribution in [3.63, 3.8) is 0 Å². The summed E-state index contributed by atoms with van der Waals surface area (Å²) in [5.41, 5.74) is 6.60. The molecule has 0 radical (unpaired) electrons. The average molecular weight is 479 g/mol. The first-order chi connectivity index (χ1) is 16.9. The molecule has 0 saturated heterocycles. The number of carbonyl (C=O) groups is 1. The van der Waals surface area contributed by atoms with Crippen LogP contribution >= 0.6 is 0 Å². The van der Waals surface area contributed by atoms with E-state index in [0.29, 0.717) is 34.6 Å². The molecule has 3 aromatic rings. The molecule has 3 aliphatic rings.